The van der Waals surface area contributed by atoms with Gasteiger partial charge in [-0.15, -0.1) is 12.4 Å². The third kappa shape index (κ3) is 3.59. The maximum absolute atomic E-state index is 12.3. The predicted octanol–water partition coefficient (Wildman–Crippen LogP) is 1.62. The lowest BCUT2D eigenvalue weighted by Gasteiger charge is -2.35. The molecular formula is C13H25ClN2O2. The highest BCUT2D eigenvalue weighted by Gasteiger charge is 2.36. The standard InChI is InChI=1S/C13H24N2O2.ClH/c1-10(11-6-5-9-17-11)15-12(16)13(2)7-3-4-8-14-13;/h10-11,14H,3-9H2,1-2H3,(H,15,16);1H. The first kappa shape index (κ1) is 15.7. The Balaban J connectivity index is 0.00000162. The number of rotatable bonds is 3. The lowest BCUT2D eigenvalue weighted by molar-refractivity contribution is -0.129. The van der Waals surface area contributed by atoms with Gasteiger partial charge in [0.05, 0.1) is 17.7 Å². The number of hydrogen-bond donors (Lipinski definition) is 2. The summed E-state index contributed by atoms with van der Waals surface area (Å²) in [5, 5.41) is 6.44. The highest BCUT2D eigenvalue weighted by Crippen LogP contribution is 2.20. The monoisotopic (exact) mass is 276 g/mol. The molecule has 5 heteroatoms. The Labute approximate surface area is 116 Å². The number of nitrogens with one attached hydrogen (secondary N) is 2. The molecular weight excluding hydrogens is 252 g/mol. The van der Waals surface area contributed by atoms with Crippen molar-refractivity contribution >= 4 is 18.3 Å². The van der Waals surface area contributed by atoms with E-state index in [-0.39, 0.29) is 36.0 Å². The van der Waals surface area contributed by atoms with E-state index in [0.717, 1.165) is 38.8 Å². The van der Waals surface area contributed by atoms with E-state index in [1.165, 1.54) is 6.42 Å². The second kappa shape index (κ2) is 6.73. The van der Waals surface area contributed by atoms with E-state index in [1.807, 2.05) is 13.8 Å². The van der Waals surface area contributed by atoms with Gasteiger partial charge >= 0.3 is 0 Å². The van der Waals surface area contributed by atoms with Crippen LogP contribution in [-0.4, -0.2) is 36.7 Å². The van der Waals surface area contributed by atoms with Gasteiger partial charge in [0, 0.05) is 6.61 Å². The highest BCUT2D eigenvalue weighted by atomic mass is 35.5. The minimum absolute atomic E-state index is 0. The SMILES string of the molecule is CC(NC(=O)C1(C)CCCCN1)C1CCCO1.Cl. The van der Waals surface area contributed by atoms with Crippen LogP contribution in [0.1, 0.15) is 46.0 Å². The van der Waals surface area contributed by atoms with Crippen LogP contribution in [0.4, 0.5) is 0 Å². The molecule has 0 aromatic heterocycles. The number of piperidine rings is 1. The summed E-state index contributed by atoms with van der Waals surface area (Å²) in [7, 11) is 0. The van der Waals surface area contributed by atoms with E-state index in [2.05, 4.69) is 10.6 Å². The maximum atomic E-state index is 12.3. The third-order valence-corrected chi connectivity index (χ3v) is 4.00. The van der Waals surface area contributed by atoms with E-state index in [1.54, 1.807) is 0 Å². The smallest absolute Gasteiger partial charge is 0.240 e. The molecule has 0 bridgehead atoms. The Bertz CT molecular complexity index is 274. The lowest BCUT2D eigenvalue weighted by Crippen LogP contribution is -2.59. The first-order valence-electron chi connectivity index (χ1n) is 6.79. The van der Waals surface area contributed by atoms with Crippen LogP contribution in [-0.2, 0) is 9.53 Å². The molecule has 106 valence electrons. The van der Waals surface area contributed by atoms with Crippen LogP contribution in [0.3, 0.4) is 0 Å². The predicted molar refractivity (Wildman–Crippen MR) is 74.1 cm³/mol. The summed E-state index contributed by atoms with van der Waals surface area (Å²) in [4.78, 5) is 12.3. The Morgan fingerprint density at radius 2 is 2.22 bits per heavy atom. The molecule has 0 aliphatic carbocycles. The largest absolute Gasteiger partial charge is 0.376 e. The molecule has 2 saturated heterocycles. The van der Waals surface area contributed by atoms with Gasteiger partial charge in [0.25, 0.3) is 0 Å². The number of carbonyl (C=O) groups is 1. The summed E-state index contributed by atoms with van der Waals surface area (Å²) in [6.07, 6.45) is 5.60. The van der Waals surface area contributed by atoms with Crippen LogP contribution >= 0.6 is 12.4 Å². The highest BCUT2D eigenvalue weighted by molar-refractivity contribution is 5.86. The van der Waals surface area contributed by atoms with E-state index in [4.69, 9.17) is 4.74 Å². The molecule has 0 radical (unpaired) electrons. The zero-order valence-corrected chi connectivity index (χ0v) is 12.1. The normalized spacial score (nSPS) is 33.6. The molecule has 3 unspecified atom stereocenters. The molecule has 0 aromatic carbocycles. The van der Waals surface area contributed by atoms with Crippen LogP contribution in [0.25, 0.3) is 0 Å². The molecule has 0 spiro atoms. The van der Waals surface area contributed by atoms with Crippen molar-refractivity contribution in [1.29, 1.82) is 0 Å². The molecule has 4 nitrogen and oxygen atoms in total. The van der Waals surface area contributed by atoms with E-state index in [9.17, 15) is 4.79 Å². The van der Waals surface area contributed by atoms with Gasteiger partial charge in [-0.1, -0.05) is 0 Å². The molecule has 0 saturated carbocycles. The number of ether oxygens (including phenoxy) is 1. The minimum atomic E-state index is -0.384. The third-order valence-electron chi connectivity index (χ3n) is 4.00. The molecule has 2 rings (SSSR count). The molecule has 2 aliphatic rings. The summed E-state index contributed by atoms with van der Waals surface area (Å²) in [6.45, 7) is 5.82. The molecule has 2 fully saturated rings. The Morgan fingerprint density at radius 1 is 1.44 bits per heavy atom. The zero-order chi connectivity index (χ0) is 12.3. The van der Waals surface area contributed by atoms with Crippen LogP contribution in [0.5, 0.6) is 0 Å². The molecule has 0 aromatic rings. The Morgan fingerprint density at radius 3 is 2.78 bits per heavy atom. The topological polar surface area (TPSA) is 50.4 Å². The fraction of sp³-hybridized carbons (Fsp3) is 0.923. The van der Waals surface area contributed by atoms with Crippen molar-refractivity contribution in [3.8, 4) is 0 Å². The van der Waals surface area contributed by atoms with E-state index >= 15 is 0 Å². The number of carbonyl (C=O) groups excluding carboxylic acids is 1. The van der Waals surface area contributed by atoms with Gasteiger partial charge in [0.15, 0.2) is 0 Å². The molecule has 18 heavy (non-hydrogen) atoms. The summed E-state index contributed by atoms with van der Waals surface area (Å²) in [6, 6.07) is 0.116. The van der Waals surface area contributed by atoms with Crippen LogP contribution < -0.4 is 10.6 Å². The number of halogens is 1. The summed E-state index contributed by atoms with van der Waals surface area (Å²) < 4.78 is 5.60. The van der Waals surface area contributed by atoms with Gasteiger partial charge in [-0.25, -0.2) is 0 Å². The fourth-order valence-electron chi connectivity index (χ4n) is 2.71. The first-order valence-corrected chi connectivity index (χ1v) is 6.79. The van der Waals surface area contributed by atoms with Gasteiger partial charge in [-0.05, 0) is 52.5 Å². The number of hydrogen-bond acceptors (Lipinski definition) is 3. The van der Waals surface area contributed by atoms with Crippen molar-refractivity contribution in [2.24, 2.45) is 0 Å². The average molecular weight is 277 g/mol. The second-order valence-corrected chi connectivity index (χ2v) is 5.53. The van der Waals surface area contributed by atoms with Gasteiger partial charge < -0.3 is 15.4 Å². The second-order valence-electron chi connectivity index (χ2n) is 5.53. The minimum Gasteiger partial charge on any atom is -0.376 e. The van der Waals surface area contributed by atoms with Crippen molar-refractivity contribution < 1.29 is 9.53 Å². The molecule has 2 heterocycles. The summed E-state index contributed by atoms with van der Waals surface area (Å²) >= 11 is 0. The molecule has 2 N–H and O–H groups in total. The van der Waals surface area contributed by atoms with Crippen LogP contribution in [0.2, 0.25) is 0 Å². The van der Waals surface area contributed by atoms with Gasteiger partial charge in [-0.2, -0.15) is 0 Å². The quantitative estimate of drug-likeness (QED) is 0.824. The van der Waals surface area contributed by atoms with Crippen molar-refractivity contribution in [3.05, 3.63) is 0 Å². The van der Waals surface area contributed by atoms with Gasteiger partial charge in [0.1, 0.15) is 0 Å². The molecule has 2 aliphatic heterocycles. The van der Waals surface area contributed by atoms with Crippen LogP contribution in [0.15, 0.2) is 0 Å². The van der Waals surface area contributed by atoms with Crippen LogP contribution in [0, 0.1) is 0 Å². The Hall–Kier alpha value is -0.320. The summed E-state index contributed by atoms with van der Waals surface area (Å²) in [5.41, 5.74) is -0.384. The van der Waals surface area contributed by atoms with Gasteiger partial charge in [0.2, 0.25) is 5.91 Å². The van der Waals surface area contributed by atoms with Crippen molar-refractivity contribution in [2.75, 3.05) is 13.2 Å². The molecule has 1 amide bonds. The summed E-state index contributed by atoms with van der Waals surface area (Å²) in [5.74, 6) is 0.125. The molecule has 3 atom stereocenters. The maximum Gasteiger partial charge on any atom is 0.240 e. The zero-order valence-electron chi connectivity index (χ0n) is 11.3. The van der Waals surface area contributed by atoms with Crippen molar-refractivity contribution in [1.82, 2.24) is 10.6 Å². The van der Waals surface area contributed by atoms with E-state index in [0.29, 0.717) is 0 Å². The lowest BCUT2D eigenvalue weighted by atomic mass is 9.89. The first-order chi connectivity index (χ1) is 8.12. The van der Waals surface area contributed by atoms with Crippen molar-refractivity contribution in [3.63, 3.8) is 0 Å². The van der Waals surface area contributed by atoms with Gasteiger partial charge in [-0.3, -0.25) is 4.79 Å². The number of amides is 1. The Kier molecular flexibility index (Phi) is 5.89. The van der Waals surface area contributed by atoms with E-state index < -0.39 is 0 Å². The van der Waals surface area contributed by atoms with Crippen molar-refractivity contribution in [2.45, 2.75) is 63.6 Å². The average Bonchev–Trinajstić information content (AvgIpc) is 2.83. The fourth-order valence-corrected chi connectivity index (χ4v) is 2.71.